The predicted molar refractivity (Wildman–Crippen MR) is 99.6 cm³/mol. The Morgan fingerprint density at radius 3 is 2.28 bits per heavy atom. The summed E-state index contributed by atoms with van der Waals surface area (Å²) in [7, 11) is 0. The van der Waals surface area contributed by atoms with Crippen LogP contribution in [0.4, 0.5) is 4.79 Å². The molecule has 0 atom stereocenters. The Balaban J connectivity index is 1.81. The average molecular weight is 349 g/mol. The minimum Gasteiger partial charge on any atom is -0.395 e. The van der Waals surface area contributed by atoms with Crippen LogP contribution >= 0.6 is 11.6 Å². The van der Waals surface area contributed by atoms with Gasteiger partial charge in [-0.1, -0.05) is 66.2 Å². The number of hydrogen-bond acceptors (Lipinski definition) is 3. The monoisotopic (exact) mass is 348 g/mol. The highest BCUT2D eigenvalue weighted by molar-refractivity contribution is 6.36. The number of ether oxygens (including phenoxy) is 2. The Labute approximate surface area is 149 Å². The molecule has 4 aromatic carbocycles. The minimum atomic E-state index is -0.788. The minimum absolute atomic E-state index is 0.426. The molecular weight excluding hydrogens is 336 g/mol. The zero-order valence-electron chi connectivity index (χ0n) is 13.1. The third-order valence-corrected chi connectivity index (χ3v) is 4.26. The molecule has 0 bridgehead atoms. The zero-order chi connectivity index (χ0) is 17.2. The van der Waals surface area contributed by atoms with E-state index < -0.39 is 6.16 Å². The summed E-state index contributed by atoms with van der Waals surface area (Å²) in [5, 5.41) is 3.94. The topological polar surface area (TPSA) is 35.5 Å². The summed E-state index contributed by atoms with van der Waals surface area (Å²) in [6, 6.07) is 24.0. The molecule has 0 radical (unpaired) electrons. The fourth-order valence-corrected chi connectivity index (χ4v) is 3.04. The molecule has 0 aliphatic rings. The number of rotatable bonds is 2. The maximum absolute atomic E-state index is 12.3. The van der Waals surface area contributed by atoms with E-state index in [0.717, 1.165) is 21.5 Å². The number of benzene rings is 4. The lowest BCUT2D eigenvalue weighted by Gasteiger charge is -2.12. The van der Waals surface area contributed by atoms with E-state index in [-0.39, 0.29) is 0 Å². The second-order valence-corrected chi connectivity index (χ2v) is 5.94. The quantitative estimate of drug-likeness (QED) is 0.245. The summed E-state index contributed by atoms with van der Waals surface area (Å²) < 4.78 is 10.8. The van der Waals surface area contributed by atoms with Gasteiger partial charge in [0.25, 0.3) is 0 Å². The summed E-state index contributed by atoms with van der Waals surface area (Å²) in [6.45, 7) is 0. The lowest BCUT2D eigenvalue weighted by atomic mass is 10.0. The smallest absolute Gasteiger partial charge is 0.395 e. The molecule has 0 fully saturated rings. The van der Waals surface area contributed by atoms with Crippen LogP contribution in [0.3, 0.4) is 0 Å². The number of carbonyl (C=O) groups is 1. The third-order valence-electron chi connectivity index (χ3n) is 3.93. The van der Waals surface area contributed by atoms with E-state index >= 15 is 0 Å². The van der Waals surface area contributed by atoms with E-state index in [1.54, 1.807) is 24.3 Å². The highest BCUT2D eigenvalue weighted by atomic mass is 35.5. The normalized spacial score (nSPS) is 10.8. The van der Waals surface area contributed by atoms with Gasteiger partial charge in [0.15, 0.2) is 0 Å². The first kappa shape index (κ1) is 15.5. The summed E-state index contributed by atoms with van der Waals surface area (Å²) >= 11 is 6.32. The second-order valence-electron chi connectivity index (χ2n) is 5.53. The van der Waals surface area contributed by atoms with Gasteiger partial charge >= 0.3 is 6.16 Å². The highest BCUT2D eigenvalue weighted by Crippen LogP contribution is 2.38. The van der Waals surface area contributed by atoms with Crippen molar-refractivity contribution in [1.29, 1.82) is 0 Å². The Kier molecular flexibility index (Phi) is 4.00. The molecule has 25 heavy (non-hydrogen) atoms. The van der Waals surface area contributed by atoms with Crippen molar-refractivity contribution in [3.05, 3.63) is 83.9 Å². The highest BCUT2D eigenvalue weighted by Gasteiger charge is 2.15. The maximum atomic E-state index is 12.3. The Morgan fingerprint density at radius 2 is 1.44 bits per heavy atom. The Morgan fingerprint density at radius 1 is 0.720 bits per heavy atom. The van der Waals surface area contributed by atoms with Gasteiger partial charge in [-0.3, -0.25) is 0 Å². The van der Waals surface area contributed by atoms with Crippen LogP contribution in [-0.4, -0.2) is 6.16 Å². The first-order valence-electron chi connectivity index (χ1n) is 7.77. The summed E-state index contributed by atoms with van der Waals surface area (Å²) in [5.41, 5.74) is 0. The van der Waals surface area contributed by atoms with E-state index in [1.807, 2.05) is 54.6 Å². The Bertz CT molecular complexity index is 1070. The largest absolute Gasteiger partial charge is 0.519 e. The molecular formula is C21H13ClO3. The molecule has 3 nitrogen and oxygen atoms in total. The van der Waals surface area contributed by atoms with Crippen molar-refractivity contribution >= 4 is 39.3 Å². The summed E-state index contributed by atoms with van der Waals surface area (Å²) in [5.74, 6) is 0.867. The number of fused-ring (bicyclic) bond motifs is 2. The van der Waals surface area contributed by atoms with Crippen molar-refractivity contribution in [3.63, 3.8) is 0 Å². The first-order chi connectivity index (χ1) is 12.2. The predicted octanol–water partition coefficient (Wildman–Crippen LogP) is 6.22. The molecule has 4 heteroatoms. The van der Waals surface area contributed by atoms with Crippen LogP contribution in [-0.2, 0) is 0 Å². The molecule has 0 heterocycles. The average Bonchev–Trinajstić information content (AvgIpc) is 2.63. The van der Waals surface area contributed by atoms with Crippen molar-refractivity contribution in [1.82, 2.24) is 0 Å². The van der Waals surface area contributed by atoms with Crippen LogP contribution in [0.25, 0.3) is 21.5 Å². The Hall–Kier alpha value is -3.04. The van der Waals surface area contributed by atoms with Crippen molar-refractivity contribution in [2.45, 2.75) is 0 Å². The van der Waals surface area contributed by atoms with E-state index in [0.29, 0.717) is 16.5 Å². The molecule has 0 unspecified atom stereocenters. The van der Waals surface area contributed by atoms with Gasteiger partial charge in [-0.2, -0.15) is 0 Å². The van der Waals surface area contributed by atoms with Gasteiger partial charge < -0.3 is 9.47 Å². The molecule has 0 aromatic heterocycles. The molecule has 0 aliphatic heterocycles. The van der Waals surface area contributed by atoms with Crippen LogP contribution in [0, 0.1) is 0 Å². The fraction of sp³-hybridized carbons (Fsp3) is 0. The van der Waals surface area contributed by atoms with Crippen molar-refractivity contribution in [3.8, 4) is 11.5 Å². The third kappa shape index (κ3) is 3.02. The molecule has 0 N–H and O–H groups in total. The van der Waals surface area contributed by atoms with E-state index in [2.05, 4.69) is 0 Å². The molecule has 122 valence electrons. The summed E-state index contributed by atoms with van der Waals surface area (Å²) in [4.78, 5) is 12.3. The van der Waals surface area contributed by atoms with Gasteiger partial charge in [-0.25, -0.2) is 4.79 Å². The molecule has 0 saturated heterocycles. The van der Waals surface area contributed by atoms with Crippen LogP contribution in [0.2, 0.25) is 5.02 Å². The zero-order valence-corrected chi connectivity index (χ0v) is 13.9. The second kappa shape index (κ2) is 6.46. The van der Waals surface area contributed by atoms with Crippen molar-refractivity contribution in [2.75, 3.05) is 0 Å². The number of carbonyl (C=O) groups excluding carboxylic acids is 1. The van der Waals surface area contributed by atoms with Gasteiger partial charge in [0.05, 0.1) is 0 Å². The molecule has 0 amide bonds. The van der Waals surface area contributed by atoms with Crippen molar-refractivity contribution < 1.29 is 14.3 Å². The molecule has 0 saturated carbocycles. The van der Waals surface area contributed by atoms with E-state index in [1.165, 1.54) is 0 Å². The maximum Gasteiger partial charge on any atom is 0.519 e. The standard InChI is InChI=1S/C21H13ClO3/c22-19-12-6-11-17-18(19)13-14-7-4-5-10-16(14)20(17)25-21(23)24-15-8-2-1-3-9-15/h1-13H. The molecule has 4 rings (SSSR count). The number of hydrogen-bond donors (Lipinski definition) is 0. The van der Waals surface area contributed by atoms with Crippen LogP contribution in [0.1, 0.15) is 0 Å². The summed E-state index contributed by atoms with van der Waals surface area (Å²) in [6.07, 6.45) is -0.788. The lowest BCUT2D eigenvalue weighted by Crippen LogP contribution is -2.14. The SMILES string of the molecule is O=C(Oc1ccccc1)Oc1c2ccccc2cc2c(Cl)cccc12. The van der Waals surface area contributed by atoms with Gasteiger partial charge in [0.2, 0.25) is 0 Å². The van der Waals surface area contributed by atoms with Gasteiger partial charge in [-0.05, 0) is 29.7 Å². The molecule has 4 aromatic rings. The number of halogens is 1. The fourth-order valence-electron chi connectivity index (χ4n) is 2.81. The van der Waals surface area contributed by atoms with Gasteiger partial charge in [-0.15, -0.1) is 0 Å². The van der Waals surface area contributed by atoms with E-state index in [4.69, 9.17) is 21.1 Å². The van der Waals surface area contributed by atoms with E-state index in [9.17, 15) is 4.79 Å². The number of para-hydroxylation sites is 1. The molecule has 0 aliphatic carbocycles. The van der Waals surface area contributed by atoms with Crippen molar-refractivity contribution in [2.24, 2.45) is 0 Å². The van der Waals surface area contributed by atoms with Crippen LogP contribution in [0.15, 0.2) is 78.9 Å². The van der Waals surface area contributed by atoms with Crippen LogP contribution < -0.4 is 9.47 Å². The van der Waals surface area contributed by atoms with Gasteiger partial charge in [0, 0.05) is 21.2 Å². The molecule has 0 spiro atoms. The van der Waals surface area contributed by atoms with Gasteiger partial charge in [0.1, 0.15) is 11.5 Å². The first-order valence-corrected chi connectivity index (χ1v) is 8.15. The van der Waals surface area contributed by atoms with Crippen LogP contribution in [0.5, 0.6) is 11.5 Å². The lowest BCUT2D eigenvalue weighted by molar-refractivity contribution is 0.153.